The lowest BCUT2D eigenvalue weighted by Gasteiger charge is -2.35. The molecule has 1 atom stereocenters. The Labute approximate surface area is 147 Å². The molecule has 7 heteroatoms. The number of benzene rings is 1. The SMILES string of the molecule is CS(=O)(=O)c1cccnc1NC1CCCN(c2ccccc2Cl)C1. The molecule has 1 aromatic carbocycles. The number of nitrogens with zero attached hydrogens (tertiary/aromatic N) is 2. The summed E-state index contributed by atoms with van der Waals surface area (Å²) >= 11 is 6.30. The number of piperidine rings is 1. The maximum absolute atomic E-state index is 11.9. The minimum atomic E-state index is -3.32. The smallest absolute Gasteiger partial charge is 0.179 e. The van der Waals surface area contributed by atoms with Crippen LogP contribution in [0.1, 0.15) is 12.8 Å². The van der Waals surface area contributed by atoms with Crippen LogP contribution in [0.5, 0.6) is 0 Å². The molecule has 2 heterocycles. The summed E-state index contributed by atoms with van der Waals surface area (Å²) in [6.45, 7) is 1.69. The number of sulfone groups is 1. The van der Waals surface area contributed by atoms with Crippen molar-refractivity contribution in [1.82, 2.24) is 4.98 Å². The molecule has 3 rings (SSSR count). The van der Waals surface area contributed by atoms with Crippen LogP contribution in [0, 0.1) is 0 Å². The minimum absolute atomic E-state index is 0.116. The van der Waals surface area contributed by atoms with Crippen LogP contribution >= 0.6 is 11.6 Å². The predicted octanol–water partition coefficient (Wildman–Crippen LogP) is 3.22. The van der Waals surface area contributed by atoms with Gasteiger partial charge in [0.25, 0.3) is 0 Å². The molecule has 1 aliphatic rings. The summed E-state index contributed by atoms with van der Waals surface area (Å²) < 4.78 is 23.8. The number of aromatic nitrogens is 1. The van der Waals surface area contributed by atoms with Gasteiger partial charge in [-0.1, -0.05) is 23.7 Å². The highest BCUT2D eigenvalue weighted by Gasteiger charge is 2.23. The van der Waals surface area contributed by atoms with Crippen LogP contribution in [0.15, 0.2) is 47.5 Å². The first-order valence-electron chi connectivity index (χ1n) is 7.86. The third kappa shape index (κ3) is 3.82. The topological polar surface area (TPSA) is 62.3 Å². The van der Waals surface area contributed by atoms with Gasteiger partial charge in [-0.25, -0.2) is 13.4 Å². The van der Waals surface area contributed by atoms with Crippen LogP contribution in [0.3, 0.4) is 0 Å². The fraction of sp³-hybridized carbons (Fsp3) is 0.353. The number of hydrogen-bond acceptors (Lipinski definition) is 5. The van der Waals surface area contributed by atoms with E-state index >= 15 is 0 Å². The van der Waals surface area contributed by atoms with Crippen molar-refractivity contribution in [3.05, 3.63) is 47.6 Å². The Morgan fingerprint density at radius 2 is 2.04 bits per heavy atom. The lowest BCUT2D eigenvalue weighted by atomic mass is 10.0. The molecule has 1 aliphatic heterocycles. The zero-order chi connectivity index (χ0) is 17.2. The van der Waals surface area contributed by atoms with Crippen molar-refractivity contribution in [2.45, 2.75) is 23.8 Å². The molecule has 0 spiro atoms. The van der Waals surface area contributed by atoms with Gasteiger partial charge in [0.2, 0.25) is 0 Å². The van der Waals surface area contributed by atoms with Crippen molar-refractivity contribution >= 4 is 32.9 Å². The van der Waals surface area contributed by atoms with Gasteiger partial charge in [-0.2, -0.15) is 0 Å². The van der Waals surface area contributed by atoms with E-state index in [2.05, 4.69) is 15.2 Å². The largest absolute Gasteiger partial charge is 0.368 e. The highest BCUT2D eigenvalue weighted by Crippen LogP contribution is 2.29. The van der Waals surface area contributed by atoms with Gasteiger partial charge < -0.3 is 10.2 Å². The first-order valence-corrected chi connectivity index (χ1v) is 10.1. The maximum atomic E-state index is 11.9. The quantitative estimate of drug-likeness (QED) is 0.901. The van der Waals surface area contributed by atoms with Crippen molar-refractivity contribution in [1.29, 1.82) is 0 Å². The molecule has 24 heavy (non-hydrogen) atoms. The Bertz CT molecular complexity index is 826. The lowest BCUT2D eigenvalue weighted by Crippen LogP contribution is -2.42. The fourth-order valence-electron chi connectivity index (χ4n) is 3.01. The second kappa shape index (κ2) is 6.99. The summed E-state index contributed by atoms with van der Waals surface area (Å²) in [7, 11) is -3.32. The Balaban J connectivity index is 1.79. The molecule has 128 valence electrons. The Kier molecular flexibility index (Phi) is 4.96. The van der Waals surface area contributed by atoms with E-state index in [9.17, 15) is 8.42 Å². The molecule has 1 aromatic heterocycles. The van der Waals surface area contributed by atoms with Crippen molar-refractivity contribution in [2.24, 2.45) is 0 Å². The number of anilines is 2. The van der Waals surface area contributed by atoms with Gasteiger partial charge in [-0.3, -0.25) is 0 Å². The van der Waals surface area contributed by atoms with E-state index in [0.29, 0.717) is 5.82 Å². The second-order valence-corrected chi connectivity index (χ2v) is 8.39. The summed E-state index contributed by atoms with van der Waals surface area (Å²) in [6.07, 6.45) is 4.77. The van der Waals surface area contributed by atoms with Gasteiger partial charge >= 0.3 is 0 Å². The number of rotatable bonds is 4. The standard InChI is InChI=1S/C17H20ClN3O2S/c1-24(22,23)16-9-4-10-19-17(16)20-13-6-5-11-21(12-13)15-8-3-2-7-14(15)18/h2-4,7-10,13H,5-6,11-12H2,1H3,(H,19,20). The van der Waals surface area contributed by atoms with Crippen LogP contribution < -0.4 is 10.2 Å². The molecular weight excluding hydrogens is 346 g/mol. The zero-order valence-corrected chi connectivity index (χ0v) is 15.0. The molecule has 1 saturated heterocycles. The Morgan fingerprint density at radius 1 is 1.25 bits per heavy atom. The van der Waals surface area contributed by atoms with E-state index in [1.165, 1.54) is 6.26 Å². The van der Waals surface area contributed by atoms with Gasteiger partial charge in [0, 0.05) is 31.6 Å². The summed E-state index contributed by atoms with van der Waals surface area (Å²) in [6, 6.07) is 11.1. The molecule has 0 aliphatic carbocycles. The van der Waals surface area contributed by atoms with Gasteiger partial charge in [-0.05, 0) is 37.1 Å². The molecule has 0 bridgehead atoms. The first-order chi connectivity index (χ1) is 11.4. The lowest BCUT2D eigenvalue weighted by molar-refractivity contribution is 0.528. The van der Waals surface area contributed by atoms with Crippen LogP contribution in [0.2, 0.25) is 5.02 Å². The number of nitrogens with one attached hydrogen (secondary N) is 1. The average Bonchev–Trinajstić information content (AvgIpc) is 2.55. The third-order valence-electron chi connectivity index (χ3n) is 4.13. The number of hydrogen-bond donors (Lipinski definition) is 1. The van der Waals surface area contributed by atoms with Crippen LogP contribution in [-0.2, 0) is 9.84 Å². The van der Waals surface area contributed by atoms with Gasteiger partial charge in [0.05, 0.1) is 10.7 Å². The molecule has 0 saturated carbocycles. The van der Waals surface area contributed by atoms with E-state index in [-0.39, 0.29) is 10.9 Å². The summed E-state index contributed by atoms with van der Waals surface area (Å²) in [5.74, 6) is 0.422. The number of halogens is 1. The molecular formula is C17H20ClN3O2S. The van der Waals surface area contributed by atoms with Crippen LogP contribution in [0.4, 0.5) is 11.5 Å². The summed E-state index contributed by atoms with van der Waals surface area (Å²) in [4.78, 5) is 6.68. The Hall–Kier alpha value is -1.79. The van der Waals surface area contributed by atoms with Crippen LogP contribution in [-0.4, -0.2) is 38.8 Å². The molecule has 1 unspecified atom stereocenters. The van der Waals surface area contributed by atoms with Gasteiger partial charge in [0.15, 0.2) is 9.84 Å². The minimum Gasteiger partial charge on any atom is -0.368 e. The Morgan fingerprint density at radius 3 is 2.79 bits per heavy atom. The van der Waals surface area contributed by atoms with Gasteiger partial charge in [-0.15, -0.1) is 0 Å². The predicted molar refractivity (Wildman–Crippen MR) is 97.7 cm³/mol. The van der Waals surface area contributed by atoms with Crippen molar-refractivity contribution in [3.8, 4) is 0 Å². The van der Waals surface area contributed by atoms with E-state index in [0.717, 1.165) is 36.6 Å². The maximum Gasteiger partial charge on any atom is 0.179 e. The second-order valence-electron chi connectivity index (χ2n) is 6.00. The van der Waals surface area contributed by atoms with E-state index < -0.39 is 9.84 Å². The first kappa shape index (κ1) is 17.0. The third-order valence-corrected chi connectivity index (χ3v) is 5.57. The molecule has 5 nitrogen and oxygen atoms in total. The molecule has 2 aromatic rings. The van der Waals surface area contributed by atoms with E-state index in [1.807, 2.05) is 24.3 Å². The summed E-state index contributed by atoms with van der Waals surface area (Å²) in [5, 5.41) is 4.03. The van der Waals surface area contributed by atoms with Crippen molar-refractivity contribution in [2.75, 3.05) is 29.6 Å². The van der Waals surface area contributed by atoms with Crippen molar-refractivity contribution < 1.29 is 8.42 Å². The normalized spacial score (nSPS) is 18.4. The highest BCUT2D eigenvalue weighted by molar-refractivity contribution is 7.90. The molecule has 1 fully saturated rings. The zero-order valence-electron chi connectivity index (χ0n) is 13.4. The number of pyridine rings is 1. The van der Waals surface area contributed by atoms with Crippen molar-refractivity contribution in [3.63, 3.8) is 0 Å². The molecule has 0 radical (unpaired) electrons. The monoisotopic (exact) mass is 365 g/mol. The highest BCUT2D eigenvalue weighted by atomic mass is 35.5. The van der Waals surface area contributed by atoms with E-state index in [4.69, 9.17) is 11.6 Å². The fourth-order valence-corrected chi connectivity index (χ4v) is 4.06. The van der Waals surface area contributed by atoms with Crippen LogP contribution in [0.25, 0.3) is 0 Å². The summed E-state index contributed by atoms with van der Waals surface area (Å²) in [5.41, 5.74) is 1.01. The van der Waals surface area contributed by atoms with Gasteiger partial charge in [0.1, 0.15) is 10.7 Å². The molecule has 1 N–H and O–H groups in total. The molecule has 0 amide bonds. The van der Waals surface area contributed by atoms with E-state index in [1.54, 1.807) is 18.3 Å². The average molecular weight is 366 g/mol. The number of para-hydroxylation sites is 1.